The lowest BCUT2D eigenvalue weighted by Gasteiger charge is -2.14. The first-order chi connectivity index (χ1) is 8.24. The number of nitrogens with zero attached hydrogens (tertiary/aromatic N) is 3. The van der Waals surface area contributed by atoms with Gasteiger partial charge in [0.25, 0.3) is 0 Å². The van der Waals surface area contributed by atoms with Crippen molar-refractivity contribution in [2.45, 2.75) is 32.7 Å². The smallest absolute Gasteiger partial charge is 0.180 e. The first-order valence-corrected chi connectivity index (χ1v) is 5.81. The van der Waals surface area contributed by atoms with E-state index in [1.54, 1.807) is 12.4 Å². The fourth-order valence-electron chi connectivity index (χ4n) is 1.84. The summed E-state index contributed by atoms with van der Waals surface area (Å²) < 4.78 is 1.89. The third-order valence-corrected chi connectivity index (χ3v) is 2.63. The molecule has 2 rings (SSSR count). The summed E-state index contributed by atoms with van der Waals surface area (Å²) in [6.07, 6.45) is 7.64. The molecule has 4 N–H and O–H groups in total. The van der Waals surface area contributed by atoms with E-state index in [2.05, 4.69) is 34.6 Å². The van der Waals surface area contributed by atoms with Crippen LogP contribution in [0.4, 0.5) is 11.6 Å². The summed E-state index contributed by atoms with van der Waals surface area (Å²) in [6, 6.07) is 0.362. The highest BCUT2D eigenvalue weighted by molar-refractivity contribution is 5.65. The van der Waals surface area contributed by atoms with Gasteiger partial charge in [-0.05, 0) is 13.3 Å². The summed E-state index contributed by atoms with van der Waals surface area (Å²) in [5.74, 6) is 6.76. The third kappa shape index (κ3) is 2.47. The van der Waals surface area contributed by atoms with Crippen LogP contribution in [0.15, 0.2) is 18.6 Å². The summed E-state index contributed by atoms with van der Waals surface area (Å²) in [6.45, 7) is 4.29. The van der Waals surface area contributed by atoms with Crippen molar-refractivity contribution in [3.05, 3.63) is 18.6 Å². The van der Waals surface area contributed by atoms with Crippen LogP contribution < -0.4 is 16.6 Å². The Hall–Kier alpha value is -1.82. The summed E-state index contributed by atoms with van der Waals surface area (Å²) in [4.78, 5) is 8.66. The minimum atomic E-state index is 0.362. The second kappa shape index (κ2) is 5.01. The van der Waals surface area contributed by atoms with Gasteiger partial charge in [-0.1, -0.05) is 13.3 Å². The minimum absolute atomic E-state index is 0.362. The number of imidazole rings is 1. The average Bonchev–Trinajstić information content (AvgIpc) is 2.77. The molecule has 1 atom stereocenters. The number of hydrogen-bond donors (Lipinski definition) is 3. The number of nitrogens with two attached hydrogens (primary N) is 1. The SMILES string of the molecule is CCCC(C)Nc1nc(NN)cn2ccnc12. The van der Waals surface area contributed by atoms with E-state index in [1.165, 1.54) is 0 Å². The molecule has 2 aromatic heterocycles. The normalized spacial score (nSPS) is 12.6. The molecule has 0 aromatic carbocycles. The number of fused-ring (bicyclic) bond motifs is 1. The molecule has 0 aliphatic rings. The van der Waals surface area contributed by atoms with Gasteiger partial charge in [-0.15, -0.1) is 0 Å². The molecule has 0 saturated heterocycles. The maximum Gasteiger partial charge on any atom is 0.180 e. The maximum absolute atomic E-state index is 5.39. The highest BCUT2D eigenvalue weighted by Crippen LogP contribution is 2.17. The van der Waals surface area contributed by atoms with Gasteiger partial charge >= 0.3 is 0 Å². The Kier molecular flexibility index (Phi) is 3.43. The molecule has 0 saturated carbocycles. The van der Waals surface area contributed by atoms with E-state index in [0.717, 1.165) is 24.3 Å². The Labute approximate surface area is 100 Å². The van der Waals surface area contributed by atoms with Crippen molar-refractivity contribution in [3.63, 3.8) is 0 Å². The zero-order valence-electron chi connectivity index (χ0n) is 10.1. The second-order valence-corrected chi connectivity index (χ2v) is 4.11. The minimum Gasteiger partial charge on any atom is -0.364 e. The van der Waals surface area contributed by atoms with E-state index in [4.69, 9.17) is 5.84 Å². The highest BCUT2D eigenvalue weighted by atomic mass is 15.3. The summed E-state index contributed by atoms with van der Waals surface area (Å²) in [5, 5.41) is 3.36. The van der Waals surface area contributed by atoms with Crippen LogP contribution in [0.2, 0.25) is 0 Å². The van der Waals surface area contributed by atoms with Crippen LogP contribution in [-0.2, 0) is 0 Å². The third-order valence-electron chi connectivity index (χ3n) is 2.63. The quantitative estimate of drug-likeness (QED) is 0.541. The van der Waals surface area contributed by atoms with E-state index in [9.17, 15) is 0 Å². The van der Waals surface area contributed by atoms with Crippen molar-refractivity contribution in [1.29, 1.82) is 0 Å². The van der Waals surface area contributed by atoms with Crippen molar-refractivity contribution in [1.82, 2.24) is 14.4 Å². The van der Waals surface area contributed by atoms with Crippen LogP contribution in [0.5, 0.6) is 0 Å². The van der Waals surface area contributed by atoms with Gasteiger partial charge in [0.1, 0.15) is 0 Å². The molecule has 0 bridgehead atoms. The topological polar surface area (TPSA) is 80.3 Å². The van der Waals surface area contributed by atoms with Crippen LogP contribution in [0.3, 0.4) is 0 Å². The van der Waals surface area contributed by atoms with Crippen LogP contribution in [-0.4, -0.2) is 20.4 Å². The Bertz CT molecular complexity index is 492. The van der Waals surface area contributed by atoms with Gasteiger partial charge in [0.2, 0.25) is 0 Å². The zero-order valence-corrected chi connectivity index (χ0v) is 10.1. The first-order valence-electron chi connectivity index (χ1n) is 5.81. The molecule has 17 heavy (non-hydrogen) atoms. The molecular formula is C11H18N6. The number of nitrogen functional groups attached to an aromatic ring is 1. The van der Waals surface area contributed by atoms with Crippen molar-refractivity contribution in [2.24, 2.45) is 5.84 Å². The lowest BCUT2D eigenvalue weighted by atomic mass is 10.2. The van der Waals surface area contributed by atoms with E-state index in [-0.39, 0.29) is 0 Å². The van der Waals surface area contributed by atoms with E-state index in [1.807, 2.05) is 10.6 Å². The van der Waals surface area contributed by atoms with Crippen molar-refractivity contribution in [2.75, 3.05) is 10.7 Å². The van der Waals surface area contributed by atoms with Crippen LogP contribution in [0, 0.1) is 0 Å². The summed E-state index contributed by atoms with van der Waals surface area (Å²) >= 11 is 0. The van der Waals surface area contributed by atoms with Crippen LogP contribution >= 0.6 is 0 Å². The van der Waals surface area contributed by atoms with E-state index in [0.29, 0.717) is 11.9 Å². The Balaban J connectivity index is 2.33. The molecule has 2 aromatic rings. The fraction of sp³-hybridized carbons (Fsp3) is 0.455. The largest absolute Gasteiger partial charge is 0.364 e. The van der Waals surface area contributed by atoms with Crippen LogP contribution in [0.1, 0.15) is 26.7 Å². The molecule has 0 aliphatic heterocycles. The van der Waals surface area contributed by atoms with Gasteiger partial charge in [-0.3, -0.25) is 0 Å². The number of aromatic nitrogens is 3. The molecule has 92 valence electrons. The zero-order chi connectivity index (χ0) is 12.3. The molecular weight excluding hydrogens is 216 g/mol. The molecule has 6 nitrogen and oxygen atoms in total. The van der Waals surface area contributed by atoms with Gasteiger partial charge in [-0.25, -0.2) is 15.8 Å². The Morgan fingerprint density at radius 1 is 1.53 bits per heavy atom. The molecule has 0 spiro atoms. The molecule has 0 aliphatic carbocycles. The van der Waals surface area contributed by atoms with Crippen LogP contribution in [0.25, 0.3) is 5.65 Å². The number of hydrogen-bond acceptors (Lipinski definition) is 5. The highest BCUT2D eigenvalue weighted by Gasteiger charge is 2.09. The van der Waals surface area contributed by atoms with Gasteiger partial charge < -0.3 is 15.1 Å². The summed E-state index contributed by atoms with van der Waals surface area (Å²) in [5.41, 5.74) is 3.37. The molecule has 1 unspecified atom stereocenters. The van der Waals surface area contributed by atoms with Gasteiger partial charge in [0, 0.05) is 18.4 Å². The van der Waals surface area contributed by atoms with Crippen molar-refractivity contribution in [3.8, 4) is 0 Å². The molecule has 6 heteroatoms. The Morgan fingerprint density at radius 2 is 2.35 bits per heavy atom. The number of nitrogens with one attached hydrogen (secondary N) is 2. The number of hydrazine groups is 1. The summed E-state index contributed by atoms with van der Waals surface area (Å²) in [7, 11) is 0. The lowest BCUT2D eigenvalue weighted by molar-refractivity contribution is 0.687. The standard InChI is InChI=1S/C11H18N6/c1-3-4-8(2)14-10-11-13-5-6-17(11)7-9(15-10)16-12/h5-8,16H,3-4,12H2,1-2H3,(H,14,15). The fourth-order valence-corrected chi connectivity index (χ4v) is 1.84. The monoisotopic (exact) mass is 234 g/mol. The second-order valence-electron chi connectivity index (χ2n) is 4.11. The average molecular weight is 234 g/mol. The molecule has 0 fully saturated rings. The van der Waals surface area contributed by atoms with E-state index < -0.39 is 0 Å². The van der Waals surface area contributed by atoms with Gasteiger partial charge in [-0.2, -0.15) is 0 Å². The van der Waals surface area contributed by atoms with Gasteiger partial charge in [0.05, 0.1) is 6.20 Å². The lowest BCUT2D eigenvalue weighted by Crippen LogP contribution is -2.18. The molecule has 0 amide bonds. The molecule has 0 radical (unpaired) electrons. The van der Waals surface area contributed by atoms with E-state index >= 15 is 0 Å². The number of anilines is 2. The molecule has 2 heterocycles. The van der Waals surface area contributed by atoms with Gasteiger partial charge in [0.15, 0.2) is 17.3 Å². The van der Waals surface area contributed by atoms with Crippen molar-refractivity contribution >= 4 is 17.3 Å². The Morgan fingerprint density at radius 3 is 3.06 bits per heavy atom. The predicted molar refractivity (Wildman–Crippen MR) is 68.8 cm³/mol. The predicted octanol–water partition coefficient (Wildman–Crippen LogP) is 1.62. The van der Waals surface area contributed by atoms with Crippen molar-refractivity contribution < 1.29 is 0 Å². The maximum atomic E-state index is 5.39. The number of rotatable bonds is 5. The first kappa shape index (κ1) is 11.7.